The van der Waals surface area contributed by atoms with Crippen LogP contribution in [0.25, 0.3) is 0 Å². The third-order valence-corrected chi connectivity index (χ3v) is 4.79. The van der Waals surface area contributed by atoms with Gasteiger partial charge in [-0.25, -0.2) is 15.0 Å². The molecule has 0 bridgehead atoms. The number of aliphatic imine (C=N–C) groups is 1. The van der Waals surface area contributed by atoms with Crippen LogP contribution < -0.4 is 10.5 Å². The summed E-state index contributed by atoms with van der Waals surface area (Å²) in [4.78, 5) is 43.2. The minimum absolute atomic E-state index is 0.117. The Balaban J connectivity index is 1.74. The number of amides is 1. The number of nitrogens with zero attached hydrogens (tertiary/aromatic N) is 5. The van der Waals surface area contributed by atoms with E-state index in [0.29, 0.717) is 18.2 Å². The summed E-state index contributed by atoms with van der Waals surface area (Å²) in [6.45, 7) is 4.09. The molecule has 30 heavy (non-hydrogen) atoms. The molecule has 0 saturated heterocycles. The van der Waals surface area contributed by atoms with Crippen LogP contribution in [-0.4, -0.2) is 51.2 Å². The highest BCUT2D eigenvalue weighted by molar-refractivity contribution is 5.98. The monoisotopic (exact) mass is 408 g/mol. The zero-order valence-electron chi connectivity index (χ0n) is 17.2. The Kier molecular flexibility index (Phi) is 6.20. The van der Waals surface area contributed by atoms with Crippen molar-refractivity contribution in [1.82, 2.24) is 19.9 Å². The average Bonchev–Trinajstić information content (AvgIpc) is 2.73. The molecule has 3 heterocycles. The van der Waals surface area contributed by atoms with Crippen molar-refractivity contribution in [2.75, 3.05) is 13.7 Å². The number of guanidine groups is 1. The fourth-order valence-electron chi connectivity index (χ4n) is 2.98. The molecule has 1 atom stereocenters. The van der Waals surface area contributed by atoms with Crippen molar-refractivity contribution in [3.8, 4) is 5.88 Å². The number of hydrogen-bond donors (Lipinski definition) is 1. The van der Waals surface area contributed by atoms with Crippen LogP contribution in [0, 0.1) is 0 Å². The van der Waals surface area contributed by atoms with Gasteiger partial charge in [0.25, 0.3) is 0 Å². The van der Waals surface area contributed by atoms with Gasteiger partial charge in [-0.05, 0) is 31.5 Å². The van der Waals surface area contributed by atoms with Gasteiger partial charge in [0.05, 0.1) is 24.5 Å². The largest absolute Gasteiger partial charge is 0.472 e. The lowest BCUT2D eigenvalue weighted by atomic mass is 9.90. The van der Waals surface area contributed by atoms with Gasteiger partial charge in [-0.3, -0.25) is 19.5 Å². The number of nitrogens with two attached hydrogens (primary N) is 1. The molecule has 1 aliphatic heterocycles. The van der Waals surface area contributed by atoms with Gasteiger partial charge in [-0.2, -0.15) is 0 Å². The second kappa shape index (κ2) is 8.81. The van der Waals surface area contributed by atoms with Gasteiger partial charge in [-0.1, -0.05) is 12.2 Å². The van der Waals surface area contributed by atoms with Crippen molar-refractivity contribution in [2.45, 2.75) is 32.2 Å². The molecule has 0 aromatic carbocycles. The van der Waals surface area contributed by atoms with Crippen LogP contribution in [0.3, 0.4) is 0 Å². The summed E-state index contributed by atoms with van der Waals surface area (Å²) in [7, 11) is 1.58. The van der Waals surface area contributed by atoms with E-state index >= 15 is 0 Å². The quantitative estimate of drug-likeness (QED) is 0.545. The molecule has 0 saturated carbocycles. The molecule has 0 spiro atoms. The van der Waals surface area contributed by atoms with Gasteiger partial charge < -0.3 is 10.5 Å². The predicted octanol–water partition coefficient (Wildman–Crippen LogP) is 1.64. The molecule has 0 fully saturated rings. The van der Waals surface area contributed by atoms with Crippen molar-refractivity contribution in [1.29, 1.82) is 0 Å². The van der Waals surface area contributed by atoms with E-state index in [9.17, 15) is 9.59 Å². The van der Waals surface area contributed by atoms with E-state index in [1.54, 1.807) is 32.3 Å². The zero-order valence-corrected chi connectivity index (χ0v) is 17.2. The topological polar surface area (TPSA) is 124 Å². The first-order valence-corrected chi connectivity index (χ1v) is 9.49. The van der Waals surface area contributed by atoms with Gasteiger partial charge in [0.1, 0.15) is 17.8 Å². The summed E-state index contributed by atoms with van der Waals surface area (Å²) >= 11 is 0. The fraction of sp³-hybridized carbons (Fsp3) is 0.333. The molecule has 9 nitrogen and oxygen atoms in total. The average molecular weight is 408 g/mol. The molecule has 1 aliphatic rings. The van der Waals surface area contributed by atoms with E-state index in [-0.39, 0.29) is 36.2 Å². The Labute approximate surface area is 174 Å². The Morgan fingerprint density at radius 2 is 2.13 bits per heavy atom. The van der Waals surface area contributed by atoms with Crippen molar-refractivity contribution in [2.24, 2.45) is 10.7 Å². The minimum atomic E-state index is -0.877. The number of carbonyl (C=O) groups is 2. The Hall–Kier alpha value is -3.62. The van der Waals surface area contributed by atoms with Crippen LogP contribution in [0.15, 0.2) is 47.9 Å². The smallest absolute Gasteiger partial charge is 0.232 e. The van der Waals surface area contributed by atoms with Gasteiger partial charge >= 0.3 is 0 Å². The number of ether oxygens (including phenoxy) is 1. The Morgan fingerprint density at radius 1 is 1.33 bits per heavy atom. The number of rotatable bonds is 7. The first-order valence-electron chi connectivity index (χ1n) is 9.49. The Morgan fingerprint density at radius 3 is 2.80 bits per heavy atom. The number of carbonyl (C=O) groups excluding carboxylic acids is 2. The third-order valence-electron chi connectivity index (χ3n) is 4.79. The van der Waals surface area contributed by atoms with Crippen molar-refractivity contribution in [3.05, 3.63) is 59.8 Å². The lowest BCUT2D eigenvalue weighted by molar-refractivity contribution is -0.128. The number of hydrogen-bond acceptors (Lipinski definition) is 8. The summed E-state index contributed by atoms with van der Waals surface area (Å²) in [5, 5.41) is 0. The molecule has 0 radical (unpaired) electrons. The molecule has 3 rings (SSSR count). The molecule has 2 aromatic rings. The van der Waals surface area contributed by atoms with Gasteiger partial charge in [0.15, 0.2) is 11.7 Å². The molecule has 1 unspecified atom stereocenters. The SMILES string of the molecule is C/C=C/COc1cnc(C(=O)Cc2ccnc(C3(C)CC(=O)N(C)C(N)=N3)c2)cn1. The fourth-order valence-corrected chi connectivity index (χ4v) is 2.98. The molecule has 0 aliphatic carbocycles. The summed E-state index contributed by atoms with van der Waals surface area (Å²) in [5.74, 6) is 0.169. The van der Waals surface area contributed by atoms with E-state index < -0.39 is 5.54 Å². The molecule has 156 valence electrons. The zero-order chi connectivity index (χ0) is 21.7. The normalized spacial score (nSPS) is 19.1. The van der Waals surface area contributed by atoms with E-state index in [1.807, 2.05) is 19.1 Å². The maximum Gasteiger partial charge on any atom is 0.232 e. The van der Waals surface area contributed by atoms with Gasteiger partial charge in [0.2, 0.25) is 11.8 Å². The standard InChI is InChI=1S/C21H24N6O3/c1-4-5-8-30-18-13-24-15(12-25-18)16(28)9-14-6-7-23-17(10-14)21(2)11-19(29)27(3)20(22)26-21/h4-7,10,12-13H,8-9,11H2,1-3H3,(H2,22,26)/b5-4+. The van der Waals surface area contributed by atoms with Crippen LogP contribution in [0.2, 0.25) is 0 Å². The van der Waals surface area contributed by atoms with E-state index in [4.69, 9.17) is 10.5 Å². The van der Waals surface area contributed by atoms with E-state index in [2.05, 4.69) is 19.9 Å². The molecule has 2 N–H and O–H groups in total. The second-order valence-electron chi connectivity index (χ2n) is 7.14. The predicted molar refractivity (Wildman–Crippen MR) is 111 cm³/mol. The first kappa shape index (κ1) is 21.1. The Bertz CT molecular complexity index is 1000. The molecular weight excluding hydrogens is 384 g/mol. The minimum Gasteiger partial charge on any atom is -0.472 e. The van der Waals surface area contributed by atoms with E-state index in [0.717, 1.165) is 5.56 Å². The molecule has 9 heteroatoms. The molecule has 2 aromatic heterocycles. The summed E-state index contributed by atoms with van der Waals surface area (Å²) in [6.07, 6.45) is 8.41. The van der Waals surface area contributed by atoms with Crippen molar-refractivity contribution in [3.63, 3.8) is 0 Å². The van der Waals surface area contributed by atoms with Crippen LogP contribution in [-0.2, 0) is 16.8 Å². The first-order chi connectivity index (χ1) is 14.3. The maximum absolute atomic E-state index is 12.6. The van der Waals surface area contributed by atoms with Crippen LogP contribution in [0.1, 0.15) is 42.0 Å². The highest BCUT2D eigenvalue weighted by Crippen LogP contribution is 2.31. The van der Waals surface area contributed by atoms with Crippen molar-refractivity contribution >= 4 is 17.6 Å². The highest BCUT2D eigenvalue weighted by atomic mass is 16.5. The lowest BCUT2D eigenvalue weighted by Gasteiger charge is -2.32. The maximum atomic E-state index is 12.6. The van der Waals surface area contributed by atoms with Crippen LogP contribution in [0.5, 0.6) is 5.88 Å². The number of ketones is 1. The third kappa shape index (κ3) is 4.68. The number of allylic oxidation sites excluding steroid dienone is 1. The summed E-state index contributed by atoms with van der Waals surface area (Å²) in [6, 6.07) is 3.52. The number of pyridine rings is 1. The van der Waals surface area contributed by atoms with Crippen molar-refractivity contribution < 1.29 is 14.3 Å². The number of Topliss-reactive ketones (excluding diaryl/α,β-unsaturated/α-hetero) is 1. The van der Waals surface area contributed by atoms with E-state index in [1.165, 1.54) is 17.3 Å². The summed E-state index contributed by atoms with van der Waals surface area (Å²) < 4.78 is 5.38. The lowest BCUT2D eigenvalue weighted by Crippen LogP contribution is -2.47. The number of aromatic nitrogens is 3. The van der Waals surface area contributed by atoms with Crippen LogP contribution >= 0.6 is 0 Å². The molecule has 1 amide bonds. The van der Waals surface area contributed by atoms with Gasteiger partial charge in [0, 0.05) is 19.7 Å². The van der Waals surface area contributed by atoms with Crippen LogP contribution in [0.4, 0.5) is 0 Å². The highest BCUT2D eigenvalue weighted by Gasteiger charge is 2.37. The van der Waals surface area contributed by atoms with Gasteiger partial charge in [-0.15, -0.1) is 0 Å². The molecular formula is C21H24N6O3. The summed E-state index contributed by atoms with van der Waals surface area (Å²) in [5.41, 5.74) is 6.56. The second-order valence-corrected chi connectivity index (χ2v) is 7.14.